The van der Waals surface area contributed by atoms with E-state index in [1.165, 1.54) is 0 Å². The van der Waals surface area contributed by atoms with Gasteiger partial charge in [-0.25, -0.2) is 4.79 Å². The summed E-state index contributed by atoms with van der Waals surface area (Å²) in [6.45, 7) is 0.319. The number of carbonyl (C=O) groups is 2. The number of rotatable bonds is 6. The van der Waals surface area contributed by atoms with E-state index in [0.29, 0.717) is 34.7 Å². The van der Waals surface area contributed by atoms with E-state index in [1.54, 1.807) is 42.5 Å². The Hall–Kier alpha value is -2.85. The summed E-state index contributed by atoms with van der Waals surface area (Å²) in [5.41, 5.74) is 0.880. The number of benzene rings is 3. The molecule has 0 amide bonds. The van der Waals surface area contributed by atoms with E-state index in [0.717, 1.165) is 5.39 Å². The van der Waals surface area contributed by atoms with Crippen molar-refractivity contribution < 1.29 is 19.4 Å². The van der Waals surface area contributed by atoms with Gasteiger partial charge in [0.15, 0.2) is 0 Å². The second-order valence-corrected chi connectivity index (χ2v) is 5.94. The molecule has 3 aromatic rings. The first-order chi connectivity index (χ1) is 12.1. The largest absolute Gasteiger partial charge is 0.493 e. The number of carbonyl (C=O) groups excluding carboxylic acids is 1. The molecule has 3 aromatic carbocycles. The zero-order valence-corrected chi connectivity index (χ0v) is 14.0. The van der Waals surface area contributed by atoms with Crippen molar-refractivity contribution in [3.05, 3.63) is 76.8 Å². The highest BCUT2D eigenvalue weighted by Gasteiger charge is 2.21. The SMILES string of the molecule is O=C(O)C(=O)c1c(CCOc2ccc(Cl)cc2)ccc2ccccc12. The summed E-state index contributed by atoms with van der Waals surface area (Å²) in [5, 5.41) is 11.2. The van der Waals surface area contributed by atoms with Gasteiger partial charge in [-0.2, -0.15) is 0 Å². The summed E-state index contributed by atoms with van der Waals surface area (Å²) in [5.74, 6) is -1.70. The minimum atomic E-state index is -1.46. The van der Waals surface area contributed by atoms with E-state index in [1.807, 2.05) is 18.2 Å². The minimum absolute atomic E-state index is 0.227. The predicted octanol–water partition coefficient (Wildman–Crippen LogP) is 4.38. The van der Waals surface area contributed by atoms with Crippen LogP contribution in [0.4, 0.5) is 0 Å². The van der Waals surface area contributed by atoms with Gasteiger partial charge in [-0.3, -0.25) is 4.79 Å². The monoisotopic (exact) mass is 354 g/mol. The van der Waals surface area contributed by atoms with Crippen LogP contribution in [0.2, 0.25) is 5.02 Å². The Balaban J connectivity index is 1.87. The van der Waals surface area contributed by atoms with E-state index < -0.39 is 11.8 Å². The minimum Gasteiger partial charge on any atom is -0.493 e. The number of carboxylic acids is 1. The maximum absolute atomic E-state index is 12.2. The molecule has 126 valence electrons. The Kier molecular flexibility index (Phi) is 5.00. The van der Waals surface area contributed by atoms with Crippen LogP contribution >= 0.6 is 11.6 Å². The van der Waals surface area contributed by atoms with Gasteiger partial charge in [0.25, 0.3) is 5.78 Å². The fraction of sp³-hybridized carbons (Fsp3) is 0.100. The maximum Gasteiger partial charge on any atom is 0.377 e. The van der Waals surface area contributed by atoms with Crippen LogP contribution in [0.3, 0.4) is 0 Å². The molecule has 1 N–H and O–H groups in total. The van der Waals surface area contributed by atoms with Gasteiger partial charge in [-0.05, 0) is 40.6 Å². The van der Waals surface area contributed by atoms with Gasteiger partial charge in [0.2, 0.25) is 0 Å². The van der Waals surface area contributed by atoms with Crippen LogP contribution in [0.1, 0.15) is 15.9 Å². The predicted molar refractivity (Wildman–Crippen MR) is 96.6 cm³/mol. The average molecular weight is 355 g/mol. The molecular formula is C20H15ClO4. The highest BCUT2D eigenvalue weighted by Crippen LogP contribution is 2.24. The van der Waals surface area contributed by atoms with Crippen molar-refractivity contribution in [1.82, 2.24) is 0 Å². The van der Waals surface area contributed by atoms with Crippen molar-refractivity contribution in [3.8, 4) is 5.75 Å². The Labute approximate surface area is 149 Å². The van der Waals surface area contributed by atoms with Crippen LogP contribution in [0.25, 0.3) is 10.8 Å². The van der Waals surface area contributed by atoms with E-state index in [2.05, 4.69) is 0 Å². The lowest BCUT2D eigenvalue weighted by atomic mass is 9.94. The lowest BCUT2D eigenvalue weighted by Crippen LogP contribution is -2.16. The first-order valence-corrected chi connectivity index (χ1v) is 8.10. The molecule has 3 rings (SSSR count). The number of aliphatic carboxylic acids is 1. The molecule has 0 unspecified atom stereocenters. The molecule has 0 saturated heterocycles. The summed E-state index contributed by atoms with van der Waals surface area (Å²) in [6.07, 6.45) is 0.418. The Morgan fingerprint density at radius 2 is 1.68 bits per heavy atom. The van der Waals surface area contributed by atoms with Gasteiger partial charge in [0.05, 0.1) is 6.61 Å². The third-order valence-electron chi connectivity index (χ3n) is 3.89. The van der Waals surface area contributed by atoms with Gasteiger partial charge in [0.1, 0.15) is 5.75 Å². The fourth-order valence-corrected chi connectivity index (χ4v) is 2.84. The normalized spacial score (nSPS) is 10.6. The van der Waals surface area contributed by atoms with Gasteiger partial charge >= 0.3 is 5.97 Å². The Bertz CT molecular complexity index is 932. The summed E-state index contributed by atoms with van der Waals surface area (Å²) in [7, 11) is 0. The first-order valence-electron chi connectivity index (χ1n) is 7.73. The third-order valence-corrected chi connectivity index (χ3v) is 4.14. The summed E-state index contributed by atoms with van der Waals surface area (Å²) < 4.78 is 5.65. The topological polar surface area (TPSA) is 63.6 Å². The van der Waals surface area contributed by atoms with Crippen molar-refractivity contribution in [3.63, 3.8) is 0 Å². The zero-order valence-electron chi connectivity index (χ0n) is 13.2. The standard InChI is InChI=1S/C20H15ClO4/c21-15-7-9-16(10-8-15)25-12-11-14-6-5-13-3-1-2-4-17(13)18(14)19(22)20(23)24/h1-10H,11-12H2,(H,23,24). The molecule has 0 spiro atoms. The smallest absolute Gasteiger partial charge is 0.377 e. The van der Waals surface area contributed by atoms with Crippen molar-refractivity contribution in [2.24, 2.45) is 0 Å². The molecule has 0 heterocycles. The van der Waals surface area contributed by atoms with Crippen LogP contribution in [-0.4, -0.2) is 23.5 Å². The van der Waals surface area contributed by atoms with Crippen LogP contribution in [-0.2, 0) is 11.2 Å². The molecule has 25 heavy (non-hydrogen) atoms. The number of Topliss-reactive ketones (excluding diaryl/α,β-unsaturated/α-hetero) is 1. The van der Waals surface area contributed by atoms with Crippen LogP contribution in [0, 0.1) is 0 Å². The van der Waals surface area contributed by atoms with Crippen molar-refractivity contribution in [2.45, 2.75) is 6.42 Å². The number of halogens is 1. The number of ketones is 1. The van der Waals surface area contributed by atoms with Crippen LogP contribution < -0.4 is 4.74 Å². The average Bonchev–Trinajstić information content (AvgIpc) is 2.62. The highest BCUT2D eigenvalue weighted by molar-refractivity contribution is 6.42. The second kappa shape index (κ2) is 7.36. The van der Waals surface area contributed by atoms with Crippen molar-refractivity contribution >= 4 is 34.1 Å². The number of fused-ring (bicyclic) bond motifs is 1. The zero-order chi connectivity index (χ0) is 17.8. The van der Waals surface area contributed by atoms with E-state index in [-0.39, 0.29) is 5.56 Å². The Morgan fingerprint density at radius 3 is 2.40 bits per heavy atom. The third kappa shape index (κ3) is 3.80. The van der Waals surface area contributed by atoms with Crippen molar-refractivity contribution in [1.29, 1.82) is 0 Å². The molecule has 0 aliphatic rings. The fourth-order valence-electron chi connectivity index (χ4n) is 2.71. The summed E-state index contributed by atoms with van der Waals surface area (Å²) >= 11 is 5.83. The maximum atomic E-state index is 12.2. The lowest BCUT2D eigenvalue weighted by Gasteiger charge is -2.12. The second-order valence-electron chi connectivity index (χ2n) is 5.51. The highest BCUT2D eigenvalue weighted by atomic mass is 35.5. The quantitative estimate of drug-likeness (QED) is 0.527. The summed E-state index contributed by atoms with van der Waals surface area (Å²) in [4.78, 5) is 23.4. The van der Waals surface area contributed by atoms with Gasteiger partial charge in [0, 0.05) is 17.0 Å². The molecule has 0 bridgehead atoms. The molecule has 0 radical (unpaired) electrons. The number of hydrogen-bond donors (Lipinski definition) is 1. The molecule has 5 heteroatoms. The van der Waals surface area contributed by atoms with Crippen molar-refractivity contribution in [2.75, 3.05) is 6.61 Å². The van der Waals surface area contributed by atoms with Crippen LogP contribution in [0.5, 0.6) is 5.75 Å². The number of ether oxygens (including phenoxy) is 1. The van der Waals surface area contributed by atoms with Gasteiger partial charge in [-0.15, -0.1) is 0 Å². The summed E-state index contributed by atoms with van der Waals surface area (Å²) in [6, 6.07) is 17.9. The molecule has 0 aliphatic carbocycles. The molecule has 0 fully saturated rings. The van der Waals surface area contributed by atoms with E-state index in [9.17, 15) is 9.59 Å². The molecule has 4 nitrogen and oxygen atoms in total. The Morgan fingerprint density at radius 1 is 0.960 bits per heavy atom. The van der Waals surface area contributed by atoms with Gasteiger partial charge < -0.3 is 9.84 Å². The lowest BCUT2D eigenvalue weighted by molar-refractivity contribution is -0.131. The van der Waals surface area contributed by atoms with E-state index >= 15 is 0 Å². The number of carboxylic acid groups (broad SMARTS) is 1. The van der Waals surface area contributed by atoms with E-state index in [4.69, 9.17) is 21.4 Å². The first kappa shape index (κ1) is 17.0. The molecule has 0 aliphatic heterocycles. The molecule has 0 aromatic heterocycles. The molecular weight excluding hydrogens is 340 g/mol. The molecule has 0 atom stereocenters. The van der Waals surface area contributed by atoms with Gasteiger partial charge in [-0.1, -0.05) is 48.0 Å². The molecule has 0 saturated carbocycles. The number of hydrogen-bond acceptors (Lipinski definition) is 3. The van der Waals surface area contributed by atoms with Crippen LogP contribution in [0.15, 0.2) is 60.7 Å².